The highest BCUT2D eigenvalue weighted by atomic mass is 16.7. The van der Waals surface area contributed by atoms with Crippen LogP contribution in [0.4, 0.5) is 5.69 Å². The van der Waals surface area contributed by atoms with Crippen molar-refractivity contribution in [2.24, 2.45) is 40.4 Å². The third-order valence-electron chi connectivity index (χ3n) is 15.1. The van der Waals surface area contributed by atoms with E-state index in [0.717, 1.165) is 35.5 Å². The number of allylic oxidation sites excluding steroid dienone is 4. The molecule has 8 rings (SSSR count). The van der Waals surface area contributed by atoms with Crippen LogP contribution in [0.1, 0.15) is 85.0 Å². The number of amides is 4. The number of anilines is 1. The molecule has 1 saturated heterocycles. The van der Waals surface area contributed by atoms with E-state index in [0.29, 0.717) is 29.2 Å². The summed E-state index contributed by atoms with van der Waals surface area (Å²) in [6.45, 7) is 8.45. The molecule has 65 heavy (non-hydrogen) atoms. The first-order valence-electron chi connectivity index (χ1n) is 22.5. The van der Waals surface area contributed by atoms with Gasteiger partial charge in [0.2, 0.25) is 11.8 Å². The summed E-state index contributed by atoms with van der Waals surface area (Å²) in [5.41, 5.74) is -0.576. The van der Waals surface area contributed by atoms with Crippen LogP contribution >= 0.6 is 0 Å². The Morgan fingerprint density at radius 2 is 1.60 bits per heavy atom. The van der Waals surface area contributed by atoms with Crippen LogP contribution in [0, 0.1) is 40.4 Å². The molecule has 0 unspecified atom stereocenters. The zero-order chi connectivity index (χ0) is 46.6. The fourth-order valence-corrected chi connectivity index (χ4v) is 11.8. The number of carbonyl (C=O) groups is 7. The second-order valence-corrected chi connectivity index (χ2v) is 19.3. The molecule has 344 valence electrons. The first kappa shape index (κ1) is 45.9. The Bertz CT molecular complexity index is 2350. The second kappa shape index (κ2) is 17.6. The lowest BCUT2D eigenvalue weighted by atomic mass is 9.46. The van der Waals surface area contributed by atoms with Crippen molar-refractivity contribution in [3.63, 3.8) is 0 Å². The quantitative estimate of drug-likeness (QED) is 0.173. The van der Waals surface area contributed by atoms with Gasteiger partial charge in [0.05, 0.1) is 18.2 Å². The highest BCUT2D eigenvalue weighted by Crippen LogP contribution is 2.70. The minimum absolute atomic E-state index is 0.0202. The Morgan fingerprint density at radius 1 is 0.938 bits per heavy atom. The van der Waals surface area contributed by atoms with Gasteiger partial charge < -0.3 is 35.1 Å². The van der Waals surface area contributed by atoms with E-state index in [1.807, 2.05) is 13.0 Å². The number of ketones is 3. The number of benzene rings is 2. The Hall–Kier alpha value is -5.61. The van der Waals surface area contributed by atoms with Crippen molar-refractivity contribution in [3.05, 3.63) is 90.0 Å². The van der Waals surface area contributed by atoms with Crippen LogP contribution in [0.3, 0.4) is 0 Å². The van der Waals surface area contributed by atoms with Crippen LogP contribution < -0.4 is 15.4 Å². The predicted octanol–water partition coefficient (Wildman–Crippen LogP) is 5.07. The van der Waals surface area contributed by atoms with Gasteiger partial charge in [0.1, 0.15) is 18.1 Å². The third-order valence-corrected chi connectivity index (χ3v) is 15.1. The molecular formula is C50H57N3O12. The van der Waals surface area contributed by atoms with E-state index in [-0.39, 0.29) is 67.0 Å². The number of fused-ring (bicyclic) bond motifs is 7. The highest BCUT2D eigenvalue weighted by molar-refractivity contribution is 6.13. The van der Waals surface area contributed by atoms with E-state index < -0.39 is 77.0 Å². The Morgan fingerprint density at radius 3 is 2.25 bits per heavy atom. The number of carbonyl (C=O) groups excluding carboxylic acids is 7. The van der Waals surface area contributed by atoms with Gasteiger partial charge in [-0.2, -0.15) is 0 Å². The van der Waals surface area contributed by atoms with E-state index in [1.165, 1.54) is 0 Å². The Kier molecular flexibility index (Phi) is 12.5. The molecular weight excluding hydrogens is 835 g/mol. The molecule has 3 saturated carbocycles. The summed E-state index contributed by atoms with van der Waals surface area (Å²) in [7, 11) is 0. The minimum atomic E-state index is -1.47. The van der Waals surface area contributed by atoms with Gasteiger partial charge in [-0.05, 0) is 92.0 Å². The molecule has 2 heterocycles. The first-order chi connectivity index (χ1) is 30.9. The number of hydrogen-bond acceptors (Lipinski definition) is 12. The van der Waals surface area contributed by atoms with Crippen molar-refractivity contribution in [1.29, 1.82) is 0 Å². The SMILES string of the molecule is CC(C)[C@H](NC(=O)CCN1C(=O)C=CC1=O)C(=O)C[C@@H](C)C(=O)Nc1ccc(Oc2ccc([C@@H]3O[C@@H]4C[C@H]5[C@@H]6CCC7=CC(=O)C=C[C@]7(C)[C@H]6[C@@H](O)C[C@]5(C)[C@]4(C(=O)CO)O3)cc2)cc1. The molecule has 2 aliphatic heterocycles. The zero-order valence-electron chi connectivity index (χ0n) is 37.3. The van der Waals surface area contributed by atoms with E-state index >= 15 is 0 Å². The number of aliphatic hydroxyl groups excluding tert-OH is 2. The summed E-state index contributed by atoms with van der Waals surface area (Å²) < 4.78 is 19.4. The third kappa shape index (κ3) is 8.21. The van der Waals surface area contributed by atoms with Crippen LogP contribution in [0.5, 0.6) is 11.5 Å². The van der Waals surface area contributed by atoms with E-state index in [9.17, 15) is 43.8 Å². The van der Waals surface area contributed by atoms with Crippen molar-refractivity contribution >= 4 is 46.7 Å². The molecule has 4 amide bonds. The summed E-state index contributed by atoms with van der Waals surface area (Å²) in [6, 6.07) is 12.9. The maximum Gasteiger partial charge on any atom is 0.253 e. The largest absolute Gasteiger partial charge is 0.457 e. The molecule has 6 aliphatic rings. The molecule has 11 atom stereocenters. The molecule has 15 heteroatoms. The number of aliphatic hydroxyl groups is 2. The van der Waals surface area contributed by atoms with Crippen LogP contribution in [-0.4, -0.2) is 93.1 Å². The maximum atomic E-state index is 13.9. The number of nitrogens with zero attached hydrogens (tertiary/aromatic N) is 1. The summed E-state index contributed by atoms with van der Waals surface area (Å²) in [5, 5.41) is 27.8. The van der Waals surface area contributed by atoms with Gasteiger partial charge in [0, 0.05) is 65.5 Å². The van der Waals surface area contributed by atoms with Crippen LogP contribution in [-0.2, 0) is 43.0 Å². The highest BCUT2D eigenvalue weighted by Gasteiger charge is 2.76. The average Bonchev–Trinajstić information content (AvgIpc) is 3.90. The van der Waals surface area contributed by atoms with Crippen molar-refractivity contribution in [3.8, 4) is 11.5 Å². The van der Waals surface area contributed by atoms with E-state index in [4.69, 9.17) is 14.2 Å². The number of nitrogens with one attached hydrogen (secondary N) is 2. The number of hydrogen-bond donors (Lipinski definition) is 4. The molecule has 2 aromatic rings. The fraction of sp³-hybridized carbons (Fsp3) is 0.500. The molecule has 0 spiro atoms. The molecule has 4 fully saturated rings. The van der Waals surface area contributed by atoms with Gasteiger partial charge in [0.25, 0.3) is 11.8 Å². The smallest absolute Gasteiger partial charge is 0.253 e. The number of Topliss-reactive ketones (excluding diaryl/α,β-unsaturated/α-hetero) is 2. The van der Waals surface area contributed by atoms with Crippen molar-refractivity contribution < 1.29 is 58.0 Å². The fourth-order valence-electron chi connectivity index (χ4n) is 11.8. The van der Waals surface area contributed by atoms with Gasteiger partial charge in [-0.1, -0.05) is 58.4 Å². The zero-order valence-corrected chi connectivity index (χ0v) is 37.3. The number of rotatable bonds is 15. The van der Waals surface area contributed by atoms with E-state index in [2.05, 4.69) is 17.6 Å². The lowest BCUT2D eigenvalue weighted by molar-refractivity contribution is -0.201. The number of ether oxygens (including phenoxy) is 3. The molecule has 4 aliphatic carbocycles. The van der Waals surface area contributed by atoms with Crippen LogP contribution in [0.2, 0.25) is 0 Å². The summed E-state index contributed by atoms with van der Waals surface area (Å²) in [5.74, 6) is -2.77. The standard InChI is InChI=1S/C50H57N3O12/c1-27(2)45(52-41(59)19-21-53-42(60)16-17-43(53)61)37(56)22-28(3)46(62)51-31-9-13-34(14-10-31)63-33-11-6-29(7-12-33)47-64-40-24-36-35-15-8-30-23-32(55)18-20-48(30,4)44(35)38(57)25-49(36,5)50(40,65-47)39(58)26-54/h6-7,9-14,16-18,20,23,27-28,35-36,38,40,44-45,47,54,57H,8,15,19,21-22,24-26H2,1-5H3,(H,51,62)(H,52,59)/t28-,35+,36+,38+,40-,44-,45+,47-,48+,49+,50-/m1/s1. The summed E-state index contributed by atoms with van der Waals surface area (Å²) in [6.07, 6.45) is 7.26. The van der Waals surface area contributed by atoms with Crippen molar-refractivity contribution in [1.82, 2.24) is 10.2 Å². The molecule has 15 nitrogen and oxygen atoms in total. The monoisotopic (exact) mass is 891 g/mol. The van der Waals surface area contributed by atoms with Gasteiger partial charge >= 0.3 is 0 Å². The van der Waals surface area contributed by atoms with Crippen LogP contribution in [0.25, 0.3) is 0 Å². The molecule has 4 N–H and O–H groups in total. The topological polar surface area (TPSA) is 215 Å². The van der Waals surface area contributed by atoms with Crippen molar-refractivity contribution in [2.75, 3.05) is 18.5 Å². The van der Waals surface area contributed by atoms with Gasteiger partial charge in [-0.3, -0.25) is 38.5 Å². The van der Waals surface area contributed by atoms with Gasteiger partial charge in [-0.25, -0.2) is 0 Å². The van der Waals surface area contributed by atoms with Gasteiger partial charge in [-0.15, -0.1) is 0 Å². The second-order valence-electron chi connectivity index (χ2n) is 19.3. The maximum absolute atomic E-state index is 13.9. The average molecular weight is 892 g/mol. The minimum Gasteiger partial charge on any atom is -0.457 e. The Balaban J connectivity index is 0.856. The molecule has 0 aromatic heterocycles. The normalized spacial score (nSPS) is 32.0. The molecule has 0 radical (unpaired) electrons. The summed E-state index contributed by atoms with van der Waals surface area (Å²) >= 11 is 0. The van der Waals surface area contributed by atoms with Crippen molar-refractivity contribution in [2.45, 2.75) is 103 Å². The lowest BCUT2D eigenvalue weighted by Gasteiger charge is -2.59. The molecule has 2 aromatic carbocycles. The predicted molar refractivity (Wildman–Crippen MR) is 235 cm³/mol. The van der Waals surface area contributed by atoms with E-state index in [1.54, 1.807) is 81.5 Å². The summed E-state index contributed by atoms with van der Waals surface area (Å²) in [4.78, 5) is 89.8. The Labute approximate surface area is 377 Å². The first-order valence-corrected chi connectivity index (χ1v) is 22.5. The number of imide groups is 1. The lowest BCUT2D eigenvalue weighted by Crippen LogP contribution is -2.63. The van der Waals surface area contributed by atoms with Gasteiger partial charge in [0.15, 0.2) is 29.2 Å². The van der Waals surface area contributed by atoms with Crippen LogP contribution in [0.15, 0.2) is 84.5 Å². The molecule has 0 bridgehead atoms.